The largest absolute Gasteiger partial charge is 0.513 e. The van der Waals surface area contributed by atoms with Crippen molar-refractivity contribution in [3.8, 4) is 0 Å². The summed E-state index contributed by atoms with van der Waals surface area (Å²) in [5.41, 5.74) is 0. The molecule has 0 aromatic heterocycles. The number of methoxy groups -OCH3 is 1. The lowest BCUT2D eigenvalue weighted by atomic mass is 10.2. The van der Waals surface area contributed by atoms with Crippen LogP contribution in [0, 0.1) is 0 Å². The predicted octanol–water partition coefficient (Wildman–Crippen LogP) is -0.868. The minimum absolute atomic E-state index is 0.636. The topological polar surface area (TPSA) is 110 Å². The van der Waals surface area contributed by atoms with Gasteiger partial charge in [0.25, 0.3) is 0 Å². The van der Waals surface area contributed by atoms with Crippen molar-refractivity contribution >= 4 is 18.1 Å². The van der Waals surface area contributed by atoms with E-state index in [1.807, 2.05) is 0 Å². The van der Waals surface area contributed by atoms with E-state index in [-0.39, 0.29) is 0 Å². The number of rotatable bonds is 3. The Morgan fingerprint density at radius 1 is 1.38 bits per heavy atom. The van der Waals surface area contributed by atoms with E-state index in [1.165, 1.54) is 0 Å². The van der Waals surface area contributed by atoms with Crippen LogP contribution in [0.25, 0.3) is 0 Å². The van der Waals surface area contributed by atoms with Crippen LogP contribution < -0.4 is 0 Å². The Hall–Kier alpha value is -1.63. The van der Waals surface area contributed by atoms with Crippen molar-refractivity contribution in [3.05, 3.63) is 0 Å². The van der Waals surface area contributed by atoms with Gasteiger partial charge in [0.05, 0.1) is 13.5 Å². The molecule has 0 spiro atoms. The van der Waals surface area contributed by atoms with E-state index in [0.717, 1.165) is 7.11 Å². The summed E-state index contributed by atoms with van der Waals surface area (Å²) in [6.45, 7) is 0. The van der Waals surface area contributed by atoms with Gasteiger partial charge in [-0.2, -0.15) is 0 Å². The summed E-state index contributed by atoms with van der Waals surface area (Å²) in [7, 11) is 1.07. The molecule has 0 fully saturated rings. The number of hydrogen-bond acceptors (Lipinski definition) is 6. The van der Waals surface area contributed by atoms with Crippen molar-refractivity contribution in [1.82, 2.24) is 0 Å². The molecule has 0 aromatic rings. The molecule has 1 atom stereocenters. The minimum atomic E-state index is -1.84. The van der Waals surface area contributed by atoms with Crippen LogP contribution >= 0.6 is 0 Å². The molecule has 74 valence electrons. The fourth-order valence-electron chi connectivity index (χ4n) is 0.479. The lowest BCUT2D eigenvalue weighted by Gasteiger charge is -2.05. The number of aliphatic hydroxyl groups is 1. The first-order valence-corrected chi connectivity index (χ1v) is 3.17. The van der Waals surface area contributed by atoms with Crippen molar-refractivity contribution in [2.24, 2.45) is 0 Å². The van der Waals surface area contributed by atoms with Gasteiger partial charge < -0.3 is 19.7 Å². The van der Waals surface area contributed by atoms with Gasteiger partial charge in [-0.1, -0.05) is 0 Å². The van der Waals surface area contributed by atoms with E-state index in [9.17, 15) is 14.4 Å². The van der Waals surface area contributed by atoms with Crippen LogP contribution in [0.15, 0.2) is 0 Å². The van der Waals surface area contributed by atoms with Gasteiger partial charge in [0.1, 0.15) is 0 Å². The summed E-state index contributed by atoms with van der Waals surface area (Å²) in [4.78, 5) is 30.8. The zero-order valence-electron chi connectivity index (χ0n) is 6.72. The molecule has 0 saturated carbocycles. The summed E-state index contributed by atoms with van der Waals surface area (Å²) < 4.78 is 7.70. The summed E-state index contributed by atoms with van der Waals surface area (Å²) in [5, 5.41) is 16.8. The molecule has 0 radical (unpaired) electrons. The predicted molar refractivity (Wildman–Crippen MR) is 36.8 cm³/mol. The third kappa shape index (κ3) is 4.75. The second-order valence-electron chi connectivity index (χ2n) is 1.98. The molecule has 0 amide bonds. The van der Waals surface area contributed by atoms with Crippen LogP contribution in [-0.2, 0) is 19.1 Å². The molecule has 0 saturated heterocycles. The maximum Gasteiger partial charge on any atom is 0.513 e. The first kappa shape index (κ1) is 11.4. The molecule has 0 aliphatic rings. The first-order valence-electron chi connectivity index (χ1n) is 3.17. The zero-order valence-corrected chi connectivity index (χ0v) is 6.72. The average Bonchev–Trinajstić information content (AvgIpc) is 2.02. The van der Waals surface area contributed by atoms with Crippen LogP contribution in [0.5, 0.6) is 0 Å². The molecule has 7 nitrogen and oxygen atoms in total. The van der Waals surface area contributed by atoms with Gasteiger partial charge in [0, 0.05) is 0 Å². The van der Waals surface area contributed by atoms with Crippen molar-refractivity contribution in [2.75, 3.05) is 7.11 Å². The smallest absolute Gasteiger partial charge is 0.469 e. The minimum Gasteiger partial charge on any atom is -0.469 e. The SMILES string of the molecule is COC(=O)CC(O)C(=O)OC(=O)O. The summed E-state index contributed by atoms with van der Waals surface area (Å²) in [5.74, 6) is -2.24. The van der Waals surface area contributed by atoms with Gasteiger partial charge >= 0.3 is 18.1 Å². The third-order valence-corrected chi connectivity index (χ3v) is 1.05. The highest BCUT2D eigenvalue weighted by atomic mass is 16.7. The van der Waals surface area contributed by atoms with Gasteiger partial charge in [-0.25, -0.2) is 9.59 Å². The second-order valence-corrected chi connectivity index (χ2v) is 1.98. The van der Waals surface area contributed by atoms with Crippen LogP contribution in [-0.4, -0.2) is 41.5 Å². The van der Waals surface area contributed by atoms with Gasteiger partial charge in [-0.3, -0.25) is 4.79 Å². The van der Waals surface area contributed by atoms with Crippen LogP contribution in [0.4, 0.5) is 4.79 Å². The second kappa shape index (κ2) is 5.09. The van der Waals surface area contributed by atoms with E-state index >= 15 is 0 Å². The van der Waals surface area contributed by atoms with E-state index in [1.54, 1.807) is 0 Å². The highest BCUT2D eigenvalue weighted by molar-refractivity contribution is 5.87. The molecule has 0 aliphatic carbocycles. The fourth-order valence-corrected chi connectivity index (χ4v) is 0.479. The Bertz CT molecular complexity index is 221. The molecular weight excluding hydrogens is 184 g/mol. The Balaban J connectivity index is 3.96. The molecule has 13 heavy (non-hydrogen) atoms. The standard InChI is InChI=1S/C6H8O7/c1-12-4(8)2-3(7)5(9)13-6(10)11/h3,7H,2H2,1H3,(H,10,11). The number of carboxylic acid groups (broad SMARTS) is 1. The zero-order chi connectivity index (χ0) is 10.4. The van der Waals surface area contributed by atoms with E-state index in [4.69, 9.17) is 10.2 Å². The molecular formula is C6H8O7. The molecule has 7 heteroatoms. The monoisotopic (exact) mass is 192 g/mol. The number of aliphatic hydroxyl groups excluding tert-OH is 1. The number of esters is 2. The molecule has 2 N–H and O–H groups in total. The Labute approximate surface area is 72.9 Å². The van der Waals surface area contributed by atoms with Crippen molar-refractivity contribution in [1.29, 1.82) is 0 Å². The lowest BCUT2D eigenvalue weighted by molar-refractivity contribution is -0.155. The normalized spacial score (nSPS) is 11.5. The van der Waals surface area contributed by atoms with Gasteiger partial charge in [-0.05, 0) is 0 Å². The maximum atomic E-state index is 10.5. The summed E-state index contributed by atoms with van der Waals surface area (Å²) in [6.07, 6.45) is -4.29. The van der Waals surface area contributed by atoms with Gasteiger partial charge in [0.15, 0.2) is 6.10 Å². The first-order chi connectivity index (χ1) is 5.97. The Morgan fingerprint density at radius 3 is 2.31 bits per heavy atom. The quantitative estimate of drug-likeness (QED) is 0.441. The van der Waals surface area contributed by atoms with Crippen molar-refractivity contribution in [2.45, 2.75) is 12.5 Å². The maximum absolute atomic E-state index is 10.5. The molecule has 1 unspecified atom stereocenters. The summed E-state index contributed by atoms with van der Waals surface area (Å²) >= 11 is 0. The van der Waals surface area contributed by atoms with E-state index in [2.05, 4.69) is 9.47 Å². The van der Waals surface area contributed by atoms with Crippen molar-refractivity contribution in [3.63, 3.8) is 0 Å². The van der Waals surface area contributed by atoms with E-state index < -0.39 is 30.6 Å². The van der Waals surface area contributed by atoms with Crippen LogP contribution in [0.1, 0.15) is 6.42 Å². The van der Waals surface area contributed by atoms with Gasteiger partial charge in [-0.15, -0.1) is 0 Å². The van der Waals surface area contributed by atoms with E-state index in [0.29, 0.717) is 0 Å². The fraction of sp³-hybridized carbons (Fsp3) is 0.500. The lowest BCUT2D eigenvalue weighted by Crippen LogP contribution is -2.28. The Kier molecular flexibility index (Phi) is 4.45. The van der Waals surface area contributed by atoms with Crippen molar-refractivity contribution < 1.29 is 34.1 Å². The number of carbonyl (C=O) groups is 3. The number of carbonyl (C=O) groups excluding carboxylic acids is 2. The molecule has 0 aliphatic heterocycles. The van der Waals surface area contributed by atoms with Gasteiger partial charge in [0.2, 0.25) is 0 Å². The Morgan fingerprint density at radius 2 is 1.92 bits per heavy atom. The van der Waals surface area contributed by atoms with Crippen LogP contribution in [0.3, 0.4) is 0 Å². The highest BCUT2D eigenvalue weighted by Gasteiger charge is 2.23. The molecule has 0 bridgehead atoms. The average molecular weight is 192 g/mol. The van der Waals surface area contributed by atoms with Crippen LogP contribution in [0.2, 0.25) is 0 Å². The number of ether oxygens (including phenoxy) is 2. The number of hydrogen-bond donors (Lipinski definition) is 2. The highest BCUT2D eigenvalue weighted by Crippen LogP contribution is 1.97. The molecule has 0 heterocycles. The molecule has 0 aromatic carbocycles. The summed E-state index contributed by atoms with van der Waals surface area (Å²) in [6, 6.07) is 0. The third-order valence-electron chi connectivity index (χ3n) is 1.05. The molecule has 0 rings (SSSR count).